The van der Waals surface area contributed by atoms with Crippen LogP contribution in [0, 0.1) is 0 Å². The maximum Gasteiger partial charge on any atom is 0.349 e. The van der Waals surface area contributed by atoms with E-state index in [0.717, 1.165) is 6.42 Å². The fraction of sp³-hybridized carbons (Fsp3) is 0.500. The summed E-state index contributed by atoms with van der Waals surface area (Å²) in [5, 5.41) is 8.94. The van der Waals surface area contributed by atoms with Crippen molar-refractivity contribution in [2.24, 2.45) is 0 Å². The number of nitrogen functional groups attached to an aromatic ring is 1. The molecule has 0 aliphatic rings. The lowest BCUT2D eigenvalue weighted by molar-refractivity contribution is 0.298. The van der Waals surface area contributed by atoms with Gasteiger partial charge in [0.15, 0.2) is 11.6 Å². The summed E-state index contributed by atoms with van der Waals surface area (Å²) in [7, 11) is 0. The Balaban J connectivity index is 2.72. The average Bonchev–Trinajstić information content (AvgIpc) is 2.66. The highest BCUT2D eigenvalue weighted by atomic mass is 16.3. The van der Waals surface area contributed by atoms with Crippen molar-refractivity contribution in [2.75, 3.05) is 12.3 Å². The van der Waals surface area contributed by atoms with Gasteiger partial charge in [0.25, 0.3) is 0 Å². The largest absolute Gasteiger partial charge is 0.396 e. The van der Waals surface area contributed by atoms with Crippen LogP contribution in [0.3, 0.4) is 0 Å². The third-order valence-corrected chi connectivity index (χ3v) is 2.50. The molecule has 0 bridgehead atoms. The van der Waals surface area contributed by atoms with Gasteiger partial charge in [-0.2, -0.15) is 9.97 Å². The van der Waals surface area contributed by atoms with Crippen LogP contribution in [-0.4, -0.2) is 31.2 Å². The summed E-state index contributed by atoms with van der Waals surface area (Å²) in [6.07, 6.45) is 1.11. The number of nitrogens with zero attached hydrogens (tertiary/aromatic N) is 3. The number of nitrogens with two attached hydrogens (primary N) is 1. The molecule has 2 rings (SSSR count). The number of hydrogen-bond donors (Lipinski definition) is 3. The molecule has 0 spiro atoms. The molecular formula is C10H15N5O2. The van der Waals surface area contributed by atoms with Crippen LogP contribution in [0.4, 0.5) is 5.95 Å². The molecule has 0 aliphatic heterocycles. The second-order valence-electron chi connectivity index (χ2n) is 3.79. The topological polar surface area (TPSA) is 110 Å². The number of aliphatic hydroxyl groups excluding tert-OH is 1. The lowest BCUT2D eigenvalue weighted by atomic mass is 10.3. The number of H-pyrrole nitrogens is 1. The second kappa shape index (κ2) is 4.54. The Morgan fingerprint density at radius 1 is 1.47 bits per heavy atom. The van der Waals surface area contributed by atoms with Crippen LogP contribution in [0.15, 0.2) is 4.79 Å². The van der Waals surface area contributed by atoms with E-state index in [-0.39, 0.29) is 18.2 Å². The van der Waals surface area contributed by atoms with E-state index in [1.54, 1.807) is 0 Å². The quantitative estimate of drug-likeness (QED) is 0.673. The molecule has 4 N–H and O–H groups in total. The van der Waals surface area contributed by atoms with E-state index < -0.39 is 0 Å². The minimum Gasteiger partial charge on any atom is -0.396 e. The van der Waals surface area contributed by atoms with Crippen molar-refractivity contribution in [3.63, 3.8) is 0 Å². The van der Waals surface area contributed by atoms with Crippen LogP contribution in [0.1, 0.15) is 19.0 Å². The number of imidazole rings is 1. The first-order valence-corrected chi connectivity index (χ1v) is 5.53. The van der Waals surface area contributed by atoms with Crippen LogP contribution in [-0.2, 0) is 13.0 Å². The number of rotatable bonds is 4. The number of hydrogen-bond acceptors (Lipinski definition) is 5. The molecule has 2 heterocycles. The number of nitrogens with one attached hydrogen (secondary N) is 1. The maximum atomic E-state index is 11.8. The molecule has 17 heavy (non-hydrogen) atoms. The summed E-state index contributed by atoms with van der Waals surface area (Å²) >= 11 is 0. The monoisotopic (exact) mass is 237 g/mol. The number of fused-ring (bicyclic) bond motifs is 1. The third-order valence-electron chi connectivity index (χ3n) is 2.50. The summed E-state index contributed by atoms with van der Waals surface area (Å²) in [6.45, 7) is 2.44. The summed E-state index contributed by atoms with van der Waals surface area (Å²) in [5.74, 6) is 0.247. The Hall–Kier alpha value is -1.89. The normalized spacial score (nSPS) is 11.2. The molecule has 2 aromatic rings. The van der Waals surface area contributed by atoms with Crippen LogP contribution in [0.5, 0.6) is 0 Å². The summed E-state index contributed by atoms with van der Waals surface area (Å²) in [6, 6.07) is 0. The predicted octanol–water partition coefficient (Wildman–Crippen LogP) is -0.353. The molecule has 0 unspecified atom stereocenters. The van der Waals surface area contributed by atoms with E-state index in [2.05, 4.69) is 15.0 Å². The molecule has 7 heteroatoms. The Labute approximate surface area is 97.3 Å². The highest BCUT2D eigenvalue weighted by Gasteiger charge is 2.13. The Morgan fingerprint density at radius 2 is 2.24 bits per heavy atom. The van der Waals surface area contributed by atoms with Gasteiger partial charge in [-0.15, -0.1) is 0 Å². The predicted molar refractivity (Wildman–Crippen MR) is 63.6 cm³/mol. The summed E-state index contributed by atoms with van der Waals surface area (Å²) in [4.78, 5) is 22.7. The molecule has 0 saturated carbocycles. The molecule has 0 fully saturated rings. The first kappa shape index (κ1) is 11.6. The Bertz CT molecular complexity index is 586. The van der Waals surface area contributed by atoms with Gasteiger partial charge in [-0.25, -0.2) is 4.79 Å². The zero-order chi connectivity index (χ0) is 12.4. The molecule has 0 radical (unpaired) electrons. The molecule has 0 aliphatic carbocycles. The lowest BCUT2D eigenvalue weighted by Gasteiger charge is -2.06. The van der Waals surface area contributed by atoms with Gasteiger partial charge in [0.05, 0.1) is 5.69 Å². The highest BCUT2D eigenvalue weighted by Crippen LogP contribution is 2.14. The number of aryl methyl sites for hydroxylation is 1. The minimum atomic E-state index is -0.352. The molecule has 7 nitrogen and oxygen atoms in total. The van der Waals surface area contributed by atoms with Gasteiger partial charge in [-0.1, -0.05) is 6.92 Å². The van der Waals surface area contributed by atoms with E-state index in [0.29, 0.717) is 29.8 Å². The van der Waals surface area contributed by atoms with Crippen LogP contribution < -0.4 is 11.4 Å². The second-order valence-corrected chi connectivity index (χ2v) is 3.79. The molecule has 0 atom stereocenters. The zero-order valence-corrected chi connectivity index (χ0v) is 9.60. The fourth-order valence-electron chi connectivity index (χ4n) is 1.81. The van der Waals surface area contributed by atoms with Crippen molar-refractivity contribution in [2.45, 2.75) is 26.3 Å². The van der Waals surface area contributed by atoms with Gasteiger partial charge in [0, 0.05) is 19.6 Å². The van der Waals surface area contributed by atoms with Gasteiger partial charge in [0.1, 0.15) is 5.52 Å². The van der Waals surface area contributed by atoms with Gasteiger partial charge in [-0.05, 0) is 6.42 Å². The van der Waals surface area contributed by atoms with E-state index in [9.17, 15) is 4.79 Å². The smallest absolute Gasteiger partial charge is 0.349 e. The summed E-state index contributed by atoms with van der Waals surface area (Å²) in [5.41, 5.74) is 6.89. The van der Waals surface area contributed by atoms with Crippen molar-refractivity contribution in [1.29, 1.82) is 0 Å². The van der Waals surface area contributed by atoms with Crippen molar-refractivity contribution in [1.82, 2.24) is 19.5 Å². The van der Waals surface area contributed by atoms with Crippen LogP contribution >= 0.6 is 0 Å². The van der Waals surface area contributed by atoms with Crippen molar-refractivity contribution in [3.05, 3.63) is 16.2 Å². The van der Waals surface area contributed by atoms with Gasteiger partial charge in [0.2, 0.25) is 0 Å². The standard InChI is InChI=1S/C10H15N5O2/c1-2-4-15-8-7(13-9(11)14-8)6(3-5-16)12-10(15)17/h16H,2-5H2,1H3,(H3,11,13,14). The molecule has 0 amide bonds. The molecule has 2 aromatic heterocycles. The molecule has 92 valence electrons. The van der Waals surface area contributed by atoms with Crippen LogP contribution in [0.2, 0.25) is 0 Å². The number of aliphatic hydroxyl groups is 1. The van der Waals surface area contributed by atoms with E-state index >= 15 is 0 Å². The van der Waals surface area contributed by atoms with Crippen LogP contribution in [0.25, 0.3) is 11.2 Å². The minimum absolute atomic E-state index is 0.0712. The Morgan fingerprint density at radius 3 is 2.88 bits per heavy atom. The van der Waals surface area contributed by atoms with Gasteiger partial charge < -0.3 is 15.8 Å². The Kier molecular flexibility index (Phi) is 3.10. The van der Waals surface area contributed by atoms with Crippen molar-refractivity contribution >= 4 is 17.1 Å². The average molecular weight is 237 g/mol. The zero-order valence-electron chi connectivity index (χ0n) is 9.60. The van der Waals surface area contributed by atoms with Gasteiger partial charge in [-0.3, -0.25) is 4.57 Å². The first-order chi connectivity index (χ1) is 8.17. The summed E-state index contributed by atoms with van der Waals surface area (Å²) < 4.78 is 1.49. The van der Waals surface area contributed by atoms with E-state index in [1.165, 1.54) is 4.57 Å². The lowest BCUT2D eigenvalue weighted by Crippen LogP contribution is -2.25. The molecule has 0 aromatic carbocycles. The molecular weight excluding hydrogens is 222 g/mol. The number of anilines is 1. The van der Waals surface area contributed by atoms with Gasteiger partial charge >= 0.3 is 5.69 Å². The van der Waals surface area contributed by atoms with Crippen molar-refractivity contribution in [3.8, 4) is 0 Å². The maximum absolute atomic E-state index is 11.8. The number of aromatic amines is 1. The first-order valence-electron chi connectivity index (χ1n) is 5.53. The highest BCUT2D eigenvalue weighted by molar-refractivity contribution is 5.75. The SMILES string of the molecule is CCCn1c(=O)nc(CCO)c2[nH]c(N)nc21. The fourth-order valence-corrected chi connectivity index (χ4v) is 1.81. The number of aromatic nitrogens is 4. The van der Waals surface area contributed by atoms with Crippen molar-refractivity contribution < 1.29 is 5.11 Å². The van der Waals surface area contributed by atoms with E-state index in [1.807, 2.05) is 6.92 Å². The third kappa shape index (κ3) is 2.01. The molecule has 0 saturated heterocycles. The van der Waals surface area contributed by atoms with E-state index in [4.69, 9.17) is 10.8 Å².